The van der Waals surface area contributed by atoms with Gasteiger partial charge in [0.15, 0.2) is 12.4 Å². The first-order valence-electron chi connectivity index (χ1n) is 12.4. The van der Waals surface area contributed by atoms with Crippen LogP contribution >= 0.6 is 34.8 Å². The molecule has 0 aliphatic carbocycles. The zero-order valence-corrected chi connectivity index (χ0v) is 24.2. The molecule has 0 unspecified atom stereocenters. The molecule has 0 saturated heterocycles. The second-order valence-corrected chi connectivity index (χ2v) is 10.5. The molecule has 0 radical (unpaired) electrons. The number of rotatable bonds is 8. The van der Waals surface area contributed by atoms with Crippen LogP contribution in [0.3, 0.4) is 0 Å². The largest absolute Gasteiger partial charge is 0.454 e. The Morgan fingerprint density at radius 1 is 0.837 bits per heavy atom. The van der Waals surface area contributed by atoms with Crippen LogP contribution in [-0.4, -0.2) is 35.1 Å². The highest BCUT2D eigenvalue weighted by molar-refractivity contribution is 6.44. The highest BCUT2D eigenvalue weighted by atomic mass is 35.5. The van der Waals surface area contributed by atoms with Gasteiger partial charge in [-0.2, -0.15) is 0 Å². The van der Waals surface area contributed by atoms with E-state index in [0.29, 0.717) is 5.56 Å². The molecule has 0 saturated carbocycles. The van der Waals surface area contributed by atoms with Crippen LogP contribution in [0.5, 0.6) is 11.5 Å². The van der Waals surface area contributed by atoms with Gasteiger partial charge in [0.05, 0.1) is 42.4 Å². The van der Waals surface area contributed by atoms with Crippen molar-refractivity contribution in [3.8, 4) is 11.5 Å². The number of nitro benzene ring substituents is 1. The summed E-state index contributed by atoms with van der Waals surface area (Å²) in [7, 11) is 0. The number of carbonyl (C=O) groups is 4. The highest BCUT2D eigenvalue weighted by Crippen LogP contribution is 2.38. The number of carbonyl (C=O) groups excluding carboxylic acids is 4. The predicted octanol–water partition coefficient (Wildman–Crippen LogP) is 7.50. The van der Waals surface area contributed by atoms with E-state index in [2.05, 4.69) is 0 Å². The number of nitro groups is 1. The second kappa shape index (κ2) is 11.8. The Bertz CT molecular complexity index is 1820. The summed E-state index contributed by atoms with van der Waals surface area (Å²) in [5.41, 5.74) is 0.721. The average Bonchev–Trinajstić information content (AvgIpc) is 3.21. The van der Waals surface area contributed by atoms with Gasteiger partial charge in [-0.05, 0) is 67.1 Å². The molecule has 1 aliphatic heterocycles. The van der Waals surface area contributed by atoms with Crippen molar-refractivity contribution < 1.29 is 33.6 Å². The van der Waals surface area contributed by atoms with E-state index in [0.717, 1.165) is 4.90 Å². The lowest BCUT2D eigenvalue weighted by molar-refractivity contribution is -0.385. The number of hydrogen-bond acceptors (Lipinski definition) is 8. The molecule has 0 N–H and O–H groups in total. The first kappa shape index (κ1) is 29.7. The van der Waals surface area contributed by atoms with Crippen LogP contribution in [0.1, 0.15) is 47.0 Å². The molecule has 1 heterocycles. The monoisotopic (exact) mass is 638 g/mol. The normalized spacial score (nSPS) is 12.2. The van der Waals surface area contributed by atoms with Gasteiger partial charge in [-0.1, -0.05) is 46.9 Å². The quantitative estimate of drug-likeness (QED) is 0.0636. The van der Waals surface area contributed by atoms with Crippen LogP contribution < -0.4 is 9.64 Å². The number of ether oxygens (including phenoxy) is 2. The number of ketones is 1. The maximum atomic E-state index is 13.1. The smallest absolute Gasteiger partial charge is 0.338 e. The van der Waals surface area contributed by atoms with E-state index in [-0.39, 0.29) is 60.2 Å². The minimum absolute atomic E-state index is 0.00565. The molecule has 5 rings (SSSR count). The summed E-state index contributed by atoms with van der Waals surface area (Å²) >= 11 is 18.1. The molecule has 2 amide bonds. The van der Waals surface area contributed by atoms with E-state index in [1.165, 1.54) is 66.7 Å². The number of fused-ring (bicyclic) bond motifs is 1. The Balaban J connectivity index is 1.27. The number of Topliss-reactive ketones (excluding diaryl/α,β-unsaturated/α-hetero) is 1. The third-order valence-electron chi connectivity index (χ3n) is 6.49. The predicted molar refractivity (Wildman–Crippen MR) is 158 cm³/mol. The standard InChI is InChI=1S/C30H17Cl3N2O8/c1-15-5-6-17(11-25(15)34-28(37)19-12-22(32)23(33)13-20(19)29(34)38)30(39)42-14-26(36)16-7-9-18(10-8-16)43-27-21(31)3-2-4-24(27)35(40)41/h2-13H,14H2,1H3. The Morgan fingerprint density at radius 3 is 2.05 bits per heavy atom. The molecule has 43 heavy (non-hydrogen) atoms. The van der Waals surface area contributed by atoms with Gasteiger partial charge in [-0.15, -0.1) is 0 Å². The third-order valence-corrected chi connectivity index (χ3v) is 7.51. The number of imide groups is 1. The van der Waals surface area contributed by atoms with Crippen molar-refractivity contribution >= 4 is 69.7 Å². The van der Waals surface area contributed by atoms with E-state index in [9.17, 15) is 29.3 Å². The lowest BCUT2D eigenvalue weighted by Gasteiger charge is -2.17. The maximum absolute atomic E-state index is 13.1. The van der Waals surface area contributed by atoms with Gasteiger partial charge in [0.25, 0.3) is 11.8 Å². The fourth-order valence-corrected chi connectivity index (χ4v) is 4.83. The summed E-state index contributed by atoms with van der Waals surface area (Å²) in [4.78, 5) is 63.2. The maximum Gasteiger partial charge on any atom is 0.338 e. The zero-order chi connectivity index (χ0) is 31.0. The lowest BCUT2D eigenvalue weighted by atomic mass is 10.1. The van der Waals surface area contributed by atoms with E-state index < -0.39 is 35.1 Å². The minimum Gasteiger partial charge on any atom is -0.454 e. The topological polar surface area (TPSA) is 133 Å². The van der Waals surface area contributed by atoms with Gasteiger partial charge in [0.2, 0.25) is 5.75 Å². The molecular weight excluding hydrogens is 623 g/mol. The van der Waals surface area contributed by atoms with Crippen LogP contribution in [-0.2, 0) is 4.74 Å². The first-order chi connectivity index (χ1) is 20.5. The van der Waals surface area contributed by atoms with E-state index in [4.69, 9.17) is 44.3 Å². The molecule has 0 aromatic heterocycles. The van der Waals surface area contributed by atoms with Crippen molar-refractivity contribution in [1.82, 2.24) is 0 Å². The van der Waals surface area contributed by atoms with Crippen molar-refractivity contribution in [1.29, 1.82) is 0 Å². The van der Waals surface area contributed by atoms with Crippen LogP contribution in [0.2, 0.25) is 15.1 Å². The summed E-state index contributed by atoms with van der Waals surface area (Å²) in [6.45, 7) is 1.05. The number of benzene rings is 4. The number of anilines is 1. The number of nitrogens with zero attached hydrogens (tertiary/aromatic N) is 2. The number of amides is 2. The Labute approximate surface area is 258 Å². The second-order valence-electron chi connectivity index (χ2n) is 9.23. The number of para-hydroxylation sites is 1. The van der Waals surface area contributed by atoms with Crippen molar-refractivity contribution in [3.63, 3.8) is 0 Å². The van der Waals surface area contributed by atoms with E-state index in [1.54, 1.807) is 13.0 Å². The summed E-state index contributed by atoms with van der Waals surface area (Å²) in [6, 6.07) is 16.7. The summed E-state index contributed by atoms with van der Waals surface area (Å²) in [5, 5.41) is 11.6. The van der Waals surface area contributed by atoms with Gasteiger partial charge in [0, 0.05) is 11.6 Å². The number of hydrogen-bond donors (Lipinski definition) is 0. The Kier molecular flexibility index (Phi) is 8.19. The van der Waals surface area contributed by atoms with Gasteiger partial charge in [-0.3, -0.25) is 24.5 Å². The van der Waals surface area contributed by atoms with Crippen LogP contribution in [0.25, 0.3) is 0 Å². The molecule has 4 aromatic rings. The third kappa shape index (κ3) is 5.80. The molecule has 4 aromatic carbocycles. The SMILES string of the molecule is Cc1ccc(C(=O)OCC(=O)c2ccc(Oc3c(Cl)cccc3[N+](=O)[O-])cc2)cc1N1C(=O)c2cc(Cl)c(Cl)cc2C1=O. The molecule has 0 bridgehead atoms. The van der Waals surface area contributed by atoms with Crippen LogP contribution in [0.15, 0.2) is 72.8 Å². The molecule has 13 heteroatoms. The Morgan fingerprint density at radius 2 is 1.44 bits per heavy atom. The van der Waals surface area contributed by atoms with Gasteiger partial charge in [0.1, 0.15) is 5.75 Å². The molecule has 0 spiro atoms. The summed E-state index contributed by atoms with van der Waals surface area (Å²) in [6.07, 6.45) is 0. The fourth-order valence-electron chi connectivity index (χ4n) is 4.30. The van der Waals surface area contributed by atoms with Gasteiger partial charge in [-0.25, -0.2) is 9.69 Å². The van der Waals surface area contributed by atoms with Crippen molar-refractivity contribution in [3.05, 3.63) is 126 Å². The highest BCUT2D eigenvalue weighted by Gasteiger charge is 2.38. The zero-order valence-electron chi connectivity index (χ0n) is 21.9. The number of halogens is 3. The molecule has 1 aliphatic rings. The van der Waals surface area contributed by atoms with E-state index in [1.807, 2.05) is 0 Å². The number of esters is 1. The van der Waals surface area contributed by atoms with Gasteiger partial charge < -0.3 is 9.47 Å². The van der Waals surface area contributed by atoms with Crippen LogP contribution in [0.4, 0.5) is 11.4 Å². The van der Waals surface area contributed by atoms with Crippen molar-refractivity contribution in [2.45, 2.75) is 6.92 Å². The summed E-state index contributed by atoms with van der Waals surface area (Å²) < 4.78 is 10.8. The minimum atomic E-state index is -0.858. The van der Waals surface area contributed by atoms with E-state index >= 15 is 0 Å². The average molecular weight is 640 g/mol. The molecule has 216 valence electrons. The van der Waals surface area contributed by atoms with Crippen LogP contribution in [0, 0.1) is 17.0 Å². The fraction of sp³-hybridized carbons (Fsp3) is 0.0667. The molecule has 0 fully saturated rings. The molecular formula is C30H17Cl3N2O8. The Hall–Kier alpha value is -4.77. The first-order valence-corrected chi connectivity index (χ1v) is 13.5. The van der Waals surface area contributed by atoms with Crippen molar-refractivity contribution in [2.24, 2.45) is 0 Å². The van der Waals surface area contributed by atoms with Crippen molar-refractivity contribution in [2.75, 3.05) is 11.5 Å². The molecule has 0 atom stereocenters. The summed E-state index contributed by atoms with van der Waals surface area (Å²) in [5.74, 6) is -2.60. The number of aryl methyl sites for hydroxylation is 1. The molecule has 10 nitrogen and oxygen atoms in total. The van der Waals surface area contributed by atoms with Gasteiger partial charge >= 0.3 is 11.7 Å². The lowest BCUT2D eigenvalue weighted by Crippen LogP contribution is -2.30.